The van der Waals surface area contributed by atoms with E-state index in [4.69, 9.17) is 0 Å². The third-order valence-corrected chi connectivity index (χ3v) is 6.53. The van der Waals surface area contributed by atoms with Gasteiger partial charge in [0.05, 0.1) is 5.92 Å². The molecule has 1 aromatic carbocycles. The Balaban J connectivity index is 1.33. The van der Waals surface area contributed by atoms with Gasteiger partial charge in [-0.25, -0.2) is 0 Å². The molecule has 1 amide bonds. The fourth-order valence-corrected chi connectivity index (χ4v) is 5.20. The second kappa shape index (κ2) is 6.23. The summed E-state index contributed by atoms with van der Waals surface area (Å²) in [7, 11) is 0. The van der Waals surface area contributed by atoms with E-state index in [0.29, 0.717) is 18.0 Å². The van der Waals surface area contributed by atoms with Crippen LogP contribution in [0.25, 0.3) is 10.8 Å². The van der Waals surface area contributed by atoms with Crippen molar-refractivity contribution in [2.24, 2.45) is 5.92 Å². The number of rotatable bonds is 2. The highest BCUT2D eigenvalue weighted by Crippen LogP contribution is 2.35. The number of fused-ring (bicyclic) bond motifs is 3. The van der Waals surface area contributed by atoms with Gasteiger partial charge < -0.3 is 15.1 Å². The molecule has 26 heavy (non-hydrogen) atoms. The molecule has 2 aromatic rings. The number of nitrogens with one attached hydrogen (secondary N) is 1. The van der Waals surface area contributed by atoms with E-state index >= 15 is 0 Å². The van der Waals surface area contributed by atoms with E-state index < -0.39 is 0 Å². The van der Waals surface area contributed by atoms with Crippen molar-refractivity contribution in [1.29, 1.82) is 0 Å². The highest BCUT2D eigenvalue weighted by Gasteiger charge is 2.45. The Bertz CT molecular complexity index is 832. The molecule has 5 nitrogen and oxygen atoms in total. The van der Waals surface area contributed by atoms with Gasteiger partial charge in [0.2, 0.25) is 5.91 Å². The van der Waals surface area contributed by atoms with Gasteiger partial charge in [0.1, 0.15) is 0 Å². The predicted octanol–water partition coefficient (Wildman–Crippen LogP) is 2.41. The molecule has 4 heterocycles. The number of hydrogen-bond acceptors (Lipinski definition) is 4. The van der Waals surface area contributed by atoms with Crippen LogP contribution in [-0.2, 0) is 4.79 Å². The van der Waals surface area contributed by atoms with Gasteiger partial charge in [-0.2, -0.15) is 0 Å². The molecule has 3 saturated heterocycles. The van der Waals surface area contributed by atoms with Crippen molar-refractivity contribution >= 4 is 22.4 Å². The zero-order chi connectivity index (χ0) is 17.7. The monoisotopic (exact) mass is 350 g/mol. The summed E-state index contributed by atoms with van der Waals surface area (Å²) in [4.78, 5) is 21.9. The topological polar surface area (TPSA) is 48.5 Å². The van der Waals surface area contributed by atoms with Crippen molar-refractivity contribution in [3.05, 3.63) is 36.7 Å². The zero-order valence-corrected chi connectivity index (χ0v) is 15.3. The quantitative estimate of drug-likeness (QED) is 0.904. The van der Waals surface area contributed by atoms with Crippen molar-refractivity contribution in [1.82, 2.24) is 15.2 Å². The summed E-state index contributed by atoms with van der Waals surface area (Å²) in [6, 6.07) is 9.73. The van der Waals surface area contributed by atoms with E-state index in [0.717, 1.165) is 26.1 Å². The lowest BCUT2D eigenvalue weighted by Gasteiger charge is -2.43. The Hall–Kier alpha value is -2.14. The average molecular weight is 350 g/mol. The first-order chi connectivity index (χ1) is 12.7. The summed E-state index contributed by atoms with van der Waals surface area (Å²) in [6.07, 6.45) is 7.22. The number of hydrogen-bond donors (Lipinski definition) is 1. The lowest BCUT2D eigenvalue weighted by molar-refractivity contribution is -0.138. The number of benzene rings is 1. The molecule has 3 aliphatic heterocycles. The van der Waals surface area contributed by atoms with Gasteiger partial charge in [-0.15, -0.1) is 0 Å². The summed E-state index contributed by atoms with van der Waals surface area (Å²) in [5.41, 5.74) is 1.26. The first-order valence-corrected chi connectivity index (χ1v) is 9.85. The van der Waals surface area contributed by atoms with Crippen LogP contribution in [0.5, 0.6) is 0 Å². The summed E-state index contributed by atoms with van der Waals surface area (Å²) in [5, 5.41) is 6.02. The lowest BCUT2D eigenvalue weighted by atomic mass is 9.87. The molecule has 5 rings (SSSR count). The Morgan fingerprint density at radius 3 is 2.92 bits per heavy atom. The minimum atomic E-state index is 0.200. The number of pyridine rings is 1. The van der Waals surface area contributed by atoms with Gasteiger partial charge in [-0.1, -0.05) is 12.1 Å². The number of anilines is 1. The molecule has 0 aliphatic carbocycles. The molecule has 3 fully saturated rings. The van der Waals surface area contributed by atoms with E-state index in [2.05, 4.69) is 51.3 Å². The average Bonchev–Trinajstić information content (AvgIpc) is 3.30. The second-order valence-corrected chi connectivity index (χ2v) is 8.09. The molecule has 0 spiro atoms. The van der Waals surface area contributed by atoms with Gasteiger partial charge in [-0.05, 0) is 38.3 Å². The molecule has 2 bridgehead atoms. The van der Waals surface area contributed by atoms with Crippen LogP contribution in [-0.4, -0.2) is 53.6 Å². The second-order valence-electron chi connectivity index (χ2n) is 8.09. The highest BCUT2D eigenvalue weighted by molar-refractivity contribution is 5.93. The minimum absolute atomic E-state index is 0.200. The molecule has 0 saturated carbocycles. The van der Waals surface area contributed by atoms with E-state index in [9.17, 15) is 4.79 Å². The first-order valence-electron chi connectivity index (χ1n) is 9.85. The van der Waals surface area contributed by atoms with Crippen LogP contribution in [0.1, 0.15) is 26.2 Å². The van der Waals surface area contributed by atoms with Crippen molar-refractivity contribution in [2.45, 2.75) is 44.3 Å². The van der Waals surface area contributed by atoms with E-state index in [1.54, 1.807) is 0 Å². The first kappa shape index (κ1) is 16.1. The molecule has 4 atom stereocenters. The molecule has 3 aliphatic rings. The molecule has 0 radical (unpaired) electrons. The van der Waals surface area contributed by atoms with Crippen LogP contribution in [0.15, 0.2) is 36.7 Å². The summed E-state index contributed by atoms with van der Waals surface area (Å²) in [5.74, 6) is 0.574. The van der Waals surface area contributed by atoms with Crippen LogP contribution in [0.4, 0.5) is 5.69 Å². The predicted molar refractivity (Wildman–Crippen MR) is 103 cm³/mol. The van der Waals surface area contributed by atoms with Crippen LogP contribution >= 0.6 is 0 Å². The Morgan fingerprint density at radius 1 is 1.23 bits per heavy atom. The third-order valence-electron chi connectivity index (χ3n) is 6.53. The maximum Gasteiger partial charge on any atom is 0.227 e. The highest BCUT2D eigenvalue weighted by atomic mass is 16.2. The van der Waals surface area contributed by atoms with Gasteiger partial charge >= 0.3 is 0 Å². The fraction of sp³-hybridized carbons (Fsp3) is 0.524. The van der Waals surface area contributed by atoms with E-state index in [1.165, 1.54) is 29.3 Å². The molecule has 1 N–H and O–H groups in total. The Kier molecular flexibility index (Phi) is 3.85. The van der Waals surface area contributed by atoms with Crippen LogP contribution in [0.3, 0.4) is 0 Å². The Morgan fingerprint density at radius 2 is 2.15 bits per heavy atom. The summed E-state index contributed by atoms with van der Waals surface area (Å²) >= 11 is 0. The molecular weight excluding hydrogens is 324 g/mol. The maximum absolute atomic E-state index is 13.1. The lowest BCUT2D eigenvalue weighted by Crippen LogP contribution is -2.56. The number of aromatic nitrogens is 1. The summed E-state index contributed by atoms with van der Waals surface area (Å²) in [6.45, 7) is 4.79. The minimum Gasteiger partial charge on any atom is -0.367 e. The SMILES string of the molecule is CC1CN(c2cccc3cnccc23)CCN1C(=O)[C@@H]1C[C@@H]2CC[C@H]1N2. The molecule has 5 heteroatoms. The van der Waals surface area contributed by atoms with Crippen LogP contribution in [0, 0.1) is 5.92 Å². The van der Waals surface area contributed by atoms with Crippen molar-refractivity contribution in [2.75, 3.05) is 24.5 Å². The van der Waals surface area contributed by atoms with Gasteiger partial charge in [0, 0.05) is 66.6 Å². The summed E-state index contributed by atoms with van der Waals surface area (Å²) < 4.78 is 0. The number of piperazine rings is 1. The Labute approximate surface area is 154 Å². The van der Waals surface area contributed by atoms with Crippen molar-refractivity contribution in [3.63, 3.8) is 0 Å². The zero-order valence-electron chi connectivity index (χ0n) is 15.3. The standard InChI is InChI=1S/C21H26N4O/c1-14-13-24(20-4-2-3-15-12-22-8-7-17(15)20)9-10-25(14)21(26)18-11-16-5-6-19(18)23-16/h2-4,7-8,12,14,16,18-19,23H,5-6,9-11,13H2,1H3/t14?,16-,18+,19+/m0/s1. The van der Waals surface area contributed by atoms with Gasteiger partial charge in [0.25, 0.3) is 0 Å². The van der Waals surface area contributed by atoms with Gasteiger partial charge in [-0.3, -0.25) is 9.78 Å². The van der Waals surface area contributed by atoms with Crippen molar-refractivity contribution in [3.8, 4) is 0 Å². The van der Waals surface area contributed by atoms with Crippen molar-refractivity contribution < 1.29 is 4.79 Å². The largest absolute Gasteiger partial charge is 0.367 e. The molecule has 136 valence electrons. The molecule has 1 unspecified atom stereocenters. The molecule has 1 aromatic heterocycles. The van der Waals surface area contributed by atoms with Crippen LogP contribution in [0.2, 0.25) is 0 Å². The van der Waals surface area contributed by atoms with E-state index in [-0.39, 0.29) is 12.0 Å². The number of carbonyl (C=O) groups is 1. The van der Waals surface area contributed by atoms with Gasteiger partial charge in [0.15, 0.2) is 0 Å². The maximum atomic E-state index is 13.1. The number of carbonyl (C=O) groups excluding carboxylic acids is 1. The fourth-order valence-electron chi connectivity index (χ4n) is 5.20. The van der Waals surface area contributed by atoms with Crippen LogP contribution < -0.4 is 10.2 Å². The molecular formula is C21H26N4O. The third kappa shape index (κ3) is 2.57. The number of nitrogens with zero attached hydrogens (tertiary/aromatic N) is 3. The number of amides is 1. The smallest absolute Gasteiger partial charge is 0.227 e. The van der Waals surface area contributed by atoms with E-state index in [1.807, 2.05) is 12.4 Å². The normalized spacial score (nSPS) is 31.0.